The molecule has 3 N–H and O–H groups in total. The molecule has 1 heterocycles. The number of hydrogen-bond acceptors (Lipinski definition) is 3. The molecule has 2 atom stereocenters. The highest BCUT2D eigenvalue weighted by atomic mass is 16.5. The van der Waals surface area contributed by atoms with Gasteiger partial charge < -0.3 is 20.5 Å². The van der Waals surface area contributed by atoms with E-state index >= 15 is 0 Å². The molecule has 6 nitrogen and oxygen atoms in total. The van der Waals surface area contributed by atoms with Crippen LogP contribution >= 0.6 is 0 Å². The van der Waals surface area contributed by atoms with Crippen molar-refractivity contribution in [1.29, 1.82) is 0 Å². The molecule has 2 unspecified atom stereocenters. The summed E-state index contributed by atoms with van der Waals surface area (Å²) in [4.78, 5) is 22.2. The van der Waals surface area contributed by atoms with E-state index in [1.54, 1.807) is 0 Å². The Morgan fingerprint density at radius 1 is 1.59 bits per heavy atom. The summed E-state index contributed by atoms with van der Waals surface area (Å²) in [5.41, 5.74) is 0. The SMILES string of the molecule is C#CCC(NC(=O)NC1CCCOC1)C(=O)O. The molecule has 1 saturated heterocycles. The molecule has 0 aliphatic carbocycles. The molecule has 1 aliphatic rings. The summed E-state index contributed by atoms with van der Waals surface area (Å²) in [5, 5.41) is 13.8. The lowest BCUT2D eigenvalue weighted by atomic mass is 10.1. The van der Waals surface area contributed by atoms with Crippen molar-refractivity contribution in [2.45, 2.75) is 31.3 Å². The van der Waals surface area contributed by atoms with Crippen molar-refractivity contribution in [3.8, 4) is 12.3 Å². The number of amides is 2. The van der Waals surface area contributed by atoms with Gasteiger partial charge in [0.2, 0.25) is 0 Å². The predicted octanol–water partition coefficient (Wildman–Crippen LogP) is -0.0589. The van der Waals surface area contributed by atoms with E-state index in [1.807, 2.05) is 0 Å². The third-order valence-corrected chi connectivity index (χ3v) is 2.42. The predicted molar refractivity (Wildman–Crippen MR) is 60.4 cm³/mol. The van der Waals surface area contributed by atoms with Crippen LogP contribution in [0.4, 0.5) is 4.79 Å². The van der Waals surface area contributed by atoms with Gasteiger partial charge in [-0.1, -0.05) is 0 Å². The number of carboxylic acids is 1. The fraction of sp³-hybridized carbons (Fsp3) is 0.636. The number of terminal acetylenes is 1. The molecule has 1 rings (SSSR count). The first kappa shape index (κ1) is 13.3. The number of urea groups is 1. The normalized spacial score (nSPS) is 21.0. The highest BCUT2D eigenvalue weighted by Crippen LogP contribution is 2.05. The standard InChI is InChI=1S/C11H16N2O4/c1-2-4-9(10(14)15)13-11(16)12-8-5-3-6-17-7-8/h1,8-9H,3-7H2,(H,14,15)(H2,12,13,16). The number of carboxylic acid groups (broad SMARTS) is 1. The van der Waals surface area contributed by atoms with Crippen LogP contribution < -0.4 is 10.6 Å². The Morgan fingerprint density at radius 2 is 2.35 bits per heavy atom. The van der Waals surface area contributed by atoms with Crippen LogP contribution in [0.25, 0.3) is 0 Å². The third-order valence-electron chi connectivity index (χ3n) is 2.42. The first-order chi connectivity index (χ1) is 8.13. The van der Waals surface area contributed by atoms with Crippen LogP contribution in [0.1, 0.15) is 19.3 Å². The van der Waals surface area contributed by atoms with E-state index in [9.17, 15) is 9.59 Å². The molecule has 0 aromatic heterocycles. The number of rotatable bonds is 4. The maximum Gasteiger partial charge on any atom is 0.327 e. The number of hydrogen-bond donors (Lipinski definition) is 3. The van der Waals surface area contributed by atoms with Gasteiger partial charge in [0.25, 0.3) is 0 Å². The molecule has 6 heteroatoms. The van der Waals surface area contributed by atoms with E-state index in [0.717, 1.165) is 12.8 Å². The summed E-state index contributed by atoms with van der Waals surface area (Å²) in [6, 6.07) is -1.64. The summed E-state index contributed by atoms with van der Waals surface area (Å²) in [6.07, 6.45) is 6.70. The van der Waals surface area contributed by atoms with E-state index in [2.05, 4.69) is 16.6 Å². The van der Waals surface area contributed by atoms with Crippen LogP contribution in [0.3, 0.4) is 0 Å². The second kappa shape index (κ2) is 6.76. The van der Waals surface area contributed by atoms with Gasteiger partial charge in [-0.2, -0.15) is 0 Å². The first-order valence-electron chi connectivity index (χ1n) is 5.44. The van der Waals surface area contributed by atoms with Crippen LogP contribution in [0.15, 0.2) is 0 Å². The van der Waals surface area contributed by atoms with E-state index in [1.165, 1.54) is 0 Å². The molecule has 1 aliphatic heterocycles. The Labute approximate surface area is 99.7 Å². The average Bonchev–Trinajstić information content (AvgIpc) is 2.29. The molecule has 0 aromatic rings. The van der Waals surface area contributed by atoms with Gasteiger partial charge >= 0.3 is 12.0 Å². The molecule has 0 aromatic carbocycles. The van der Waals surface area contributed by atoms with Crippen LogP contribution in [0.2, 0.25) is 0 Å². The number of aliphatic carboxylic acids is 1. The molecule has 1 fully saturated rings. The summed E-state index contributed by atoms with van der Waals surface area (Å²) < 4.78 is 5.19. The minimum Gasteiger partial charge on any atom is -0.480 e. The Kier molecular flexibility index (Phi) is 5.30. The zero-order chi connectivity index (χ0) is 12.7. The van der Waals surface area contributed by atoms with Gasteiger partial charge in [-0.25, -0.2) is 9.59 Å². The molecule has 2 amide bonds. The van der Waals surface area contributed by atoms with Crippen molar-refractivity contribution in [2.24, 2.45) is 0 Å². The minimum absolute atomic E-state index is 0.0378. The lowest BCUT2D eigenvalue weighted by molar-refractivity contribution is -0.139. The molecule has 17 heavy (non-hydrogen) atoms. The average molecular weight is 240 g/mol. The molecule has 0 radical (unpaired) electrons. The number of ether oxygens (including phenoxy) is 1. The Hall–Kier alpha value is -1.74. The van der Waals surface area contributed by atoms with Gasteiger partial charge in [0.15, 0.2) is 0 Å². The van der Waals surface area contributed by atoms with Crippen LogP contribution in [-0.4, -0.2) is 42.4 Å². The zero-order valence-electron chi connectivity index (χ0n) is 9.44. The quantitative estimate of drug-likeness (QED) is 0.601. The smallest absolute Gasteiger partial charge is 0.327 e. The highest BCUT2D eigenvalue weighted by Gasteiger charge is 2.21. The molecule has 94 valence electrons. The second-order valence-corrected chi connectivity index (χ2v) is 3.83. The zero-order valence-corrected chi connectivity index (χ0v) is 9.44. The van der Waals surface area contributed by atoms with E-state index in [4.69, 9.17) is 16.3 Å². The van der Waals surface area contributed by atoms with Crippen molar-refractivity contribution in [1.82, 2.24) is 10.6 Å². The monoisotopic (exact) mass is 240 g/mol. The van der Waals surface area contributed by atoms with Gasteiger partial charge in [0.05, 0.1) is 12.6 Å². The summed E-state index contributed by atoms with van der Waals surface area (Å²) in [6.45, 7) is 1.16. The van der Waals surface area contributed by atoms with Crippen LogP contribution in [0, 0.1) is 12.3 Å². The van der Waals surface area contributed by atoms with Gasteiger partial charge in [-0.3, -0.25) is 0 Å². The van der Waals surface area contributed by atoms with Gasteiger partial charge in [0, 0.05) is 13.0 Å². The first-order valence-corrected chi connectivity index (χ1v) is 5.44. The number of carbonyl (C=O) groups excluding carboxylic acids is 1. The molecule has 0 bridgehead atoms. The van der Waals surface area contributed by atoms with Crippen LogP contribution in [-0.2, 0) is 9.53 Å². The Balaban J connectivity index is 2.36. The molecule has 0 saturated carbocycles. The summed E-state index contributed by atoms with van der Waals surface area (Å²) in [5.74, 6) is 1.07. The molecular weight excluding hydrogens is 224 g/mol. The third kappa shape index (κ3) is 4.74. The highest BCUT2D eigenvalue weighted by molar-refractivity contribution is 5.82. The van der Waals surface area contributed by atoms with Gasteiger partial charge in [0.1, 0.15) is 6.04 Å². The Bertz CT molecular complexity index is 318. The Morgan fingerprint density at radius 3 is 2.88 bits per heavy atom. The minimum atomic E-state index is -1.14. The van der Waals surface area contributed by atoms with Crippen LogP contribution in [0.5, 0.6) is 0 Å². The van der Waals surface area contributed by atoms with E-state index in [0.29, 0.717) is 13.2 Å². The van der Waals surface area contributed by atoms with Gasteiger partial charge in [-0.05, 0) is 12.8 Å². The maximum atomic E-state index is 11.5. The second-order valence-electron chi connectivity index (χ2n) is 3.83. The van der Waals surface area contributed by atoms with Gasteiger partial charge in [-0.15, -0.1) is 12.3 Å². The van der Waals surface area contributed by atoms with Crippen molar-refractivity contribution in [3.05, 3.63) is 0 Å². The number of nitrogens with one attached hydrogen (secondary N) is 2. The van der Waals surface area contributed by atoms with Crippen molar-refractivity contribution in [3.63, 3.8) is 0 Å². The van der Waals surface area contributed by atoms with E-state index in [-0.39, 0.29) is 12.5 Å². The fourth-order valence-electron chi connectivity index (χ4n) is 1.56. The lowest BCUT2D eigenvalue weighted by Crippen LogP contribution is -2.50. The van der Waals surface area contributed by atoms with Crippen molar-refractivity contribution < 1.29 is 19.4 Å². The summed E-state index contributed by atoms with van der Waals surface area (Å²) >= 11 is 0. The topological polar surface area (TPSA) is 87.7 Å². The van der Waals surface area contributed by atoms with Crippen molar-refractivity contribution >= 4 is 12.0 Å². The van der Waals surface area contributed by atoms with Crippen molar-refractivity contribution in [2.75, 3.05) is 13.2 Å². The summed E-state index contributed by atoms with van der Waals surface area (Å²) in [7, 11) is 0. The fourth-order valence-corrected chi connectivity index (χ4v) is 1.56. The van der Waals surface area contributed by atoms with E-state index < -0.39 is 18.0 Å². The number of carbonyl (C=O) groups is 2. The molecule has 0 spiro atoms. The largest absolute Gasteiger partial charge is 0.480 e. The maximum absolute atomic E-state index is 11.5. The lowest BCUT2D eigenvalue weighted by Gasteiger charge is -2.24. The molecular formula is C11H16N2O4.